The van der Waals surface area contributed by atoms with E-state index < -0.39 is 10.2 Å². The summed E-state index contributed by atoms with van der Waals surface area (Å²) in [5, 5.41) is 9.21. The molecule has 0 radical (unpaired) electrons. The molecule has 120 valence electrons. The summed E-state index contributed by atoms with van der Waals surface area (Å²) in [6, 6.07) is 0.0856. The average molecular weight is 306 g/mol. The lowest BCUT2D eigenvalue weighted by atomic mass is 9.96. The molecule has 0 aromatic rings. The van der Waals surface area contributed by atoms with Gasteiger partial charge in [0.2, 0.25) is 0 Å². The van der Waals surface area contributed by atoms with E-state index in [4.69, 9.17) is 0 Å². The van der Waals surface area contributed by atoms with Crippen molar-refractivity contribution in [1.29, 1.82) is 0 Å². The molecule has 0 heterocycles. The van der Waals surface area contributed by atoms with Gasteiger partial charge in [0, 0.05) is 25.7 Å². The van der Waals surface area contributed by atoms with Crippen LogP contribution in [0.2, 0.25) is 0 Å². The maximum atomic E-state index is 12.8. The van der Waals surface area contributed by atoms with Crippen molar-refractivity contribution in [3.63, 3.8) is 0 Å². The molecule has 1 aliphatic carbocycles. The zero-order valence-corrected chi connectivity index (χ0v) is 13.9. The fourth-order valence-electron chi connectivity index (χ4n) is 3.08. The fourth-order valence-corrected chi connectivity index (χ4v) is 4.98. The van der Waals surface area contributed by atoms with Crippen molar-refractivity contribution in [2.45, 2.75) is 70.9 Å². The van der Waals surface area contributed by atoms with Crippen molar-refractivity contribution < 1.29 is 13.5 Å². The minimum Gasteiger partial charge on any atom is -0.395 e. The van der Waals surface area contributed by atoms with Crippen LogP contribution in [0, 0.1) is 0 Å². The first-order valence-corrected chi connectivity index (χ1v) is 9.24. The maximum absolute atomic E-state index is 12.8. The van der Waals surface area contributed by atoms with Crippen molar-refractivity contribution in [3.8, 4) is 0 Å². The van der Waals surface area contributed by atoms with E-state index in [1.165, 1.54) is 10.7 Å². The van der Waals surface area contributed by atoms with Crippen molar-refractivity contribution in [2.24, 2.45) is 0 Å². The highest BCUT2D eigenvalue weighted by atomic mass is 32.2. The van der Waals surface area contributed by atoms with Crippen LogP contribution < -0.4 is 0 Å². The number of aliphatic hydroxyl groups excluding tert-OH is 1. The predicted molar refractivity (Wildman–Crippen MR) is 81.7 cm³/mol. The van der Waals surface area contributed by atoms with Crippen LogP contribution in [-0.4, -0.2) is 54.4 Å². The normalized spacial score (nSPS) is 18.4. The second kappa shape index (κ2) is 8.32. The number of nitrogens with zero attached hydrogens (tertiary/aromatic N) is 2. The second-order valence-electron chi connectivity index (χ2n) is 5.62. The molecule has 0 amide bonds. The second-order valence-corrected chi connectivity index (χ2v) is 7.56. The van der Waals surface area contributed by atoms with Crippen LogP contribution in [-0.2, 0) is 10.2 Å². The Morgan fingerprint density at radius 2 is 1.70 bits per heavy atom. The summed E-state index contributed by atoms with van der Waals surface area (Å²) in [6.07, 6.45) is 6.86. The lowest BCUT2D eigenvalue weighted by molar-refractivity contribution is 0.198. The molecule has 0 aromatic carbocycles. The maximum Gasteiger partial charge on any atom is 0.282 e. The van der Waals surface area contributed by atoms with Gasteiger partial charge in [-0.15, -0.1) is 0 Å². The lowest BCUT2D eigenvalue weighted by Gasteiger charge is -2.37. The minimum absolute atomic E-state index is 0.0295. The Morgan fingerprint density at radius 1 is 1.15 bits per heavy atom. The molecule has 1 rings (SSSR count). The Labute approximate surface area is 124 Å². The zero-order chi connectivity index (χ0) is 15.2. The lowest BCUT2D eigenvalue weighted by Crippen LogP contribution is -2.51. The molecule has 0 atom stereocenters. The van der Waals surface area contributed by atoms with Crippen LogP contribution in [0.4, 0.5) is 0 Å². The molecule has 1 fully saturated rings. The molecule has 5 nitrogen and oxygen atoms in total. The zero-order valence-electron chi connectivity index (χ0n) is 13.1. The molecule has 0 saturated heterocycles. The van der Waals surface area contributed by atoms with E-state index in [9.17, 15) is 13.5 Å². The van der Waals surface area contributed by atoms with Gasteiger partial charge in [0.15, 0.2) is 0 Å². The van der Waals surface area contributed by atoms with Crippen LogP contribution in [0.1, 0.15) is 58.8 Å². The van der Waals surface area contributed by atoms with Gasteiger partial charge in [0.25, 0.3) is 10.2 Å². The summed E-state index contributed by atoms with van der Waals surface area (Å²) >= 11 is 0. The summed E-state index contributed by atoms with van der Waals surface area (Å²) in [6.45, 7) is 4.04. The van der Waals surface area contributed by atoms with E-state index in [-0.39, 0.29) is 25.2 Å². The third-order valence-corrected chi connectivity index (χ3v) is 6.52. The van der Waals surface area contributed by atoms with Crippen molar-refractivity contribution in [3.05, 3.63) is 0 Å². The standard InChI is InChI=1S/C14H30N2O3S/c1-4-13(5-2)16(11-12-17)20(18,19)15(3)14-9-7-6-8-10-14/h13-14,17H,4-12H2,1-3H3. The van der Waals surface area contributed by atoms with Gasteiger partial charge < -0.3 is 5.11 Å². The van der Waals surface area contributed by atoms with Crippen molar-refractivity contribution >= 4 is 10.2 Å². The summed E-state index contributed by atoms with van der Waals surface area (Å²) in [5.74, 6) is 0. The van der Waals surface area contributed by atoms with Gasteiger partial charge in [-0.3, -0.25) is 0 Å². The number of hydrogen-bond donors (Lipinski definition) is 1. The van der Waals surface area contributed by atoms with E-state index in [0.29, 0.717) is 0 Å². The smallest absolute Gasteiger partial charge is 0.282 e. The van der Waals surface area contributed by atoms with E-state index in [1.807, 2.05) is 13.8 Å². The molecule has 0 bridgehead atoms. The monoisotopic (exact) mass is 306 g/mol. The molecule has 6 heteroatoms. The Balaban J connectivity index is 2.90. The summed E-state index contributed by atoms with van der Waals surface area (Å²) in [7, 11) is -1.79. The van der Waals surface area contributed by atoms with Gasteiger partial charge in [0.1, 0.15) is 0 Å². The number of aliphatic hydroxyl groups is 1. The van der Waals surface area contributed by atoms with Crippen LogP contribution in [0.3, 0.4) is 0 Å². The SMILES string of the molecule is CCC(CC)N(CCO)S(=O)(=O)N(C)C1CCCCC1. The van der Waals surface area contributed by atoms with Gasteiger partial charge in [-0.25, -0.2) is 0 Å². The Kier molecular flexibility index (Phi) is 7.43. The first-order chi connectivity index (χ1) is 9.48. The van der Waals surface area contributed by atoms with Gasteiger partial charge >= 0.3 is 0 Å². The van der Waals surface area contributed by atoms with Crippen LogP contribution in [0.5, 0.6) is 0 Å². The molecular formula is C14H30N2O3S. The van der Waals surface area contributed by atoms with Crippen LogP contribution in [0.25, 0.3) is 0 Å². The number of hydrogen-bond acceptors (Lipinski definition) is 3. The quantitative estimate of drug-likeness (QED) is 0.746. The number of rotatable bonds is 8. The predicted octanol–water partition coefficient (Wildman–Crippen LogP) is 1.98. The van der Waals surface area contributed by atoms with E-state index >= 15 is 0 Å². The molecule has 0 aromatic heterocycles. The molecular weight excluding hydrogens is 276 g/mol. The van der Waals surface area contributed by atoms with E-state index in [1.54, 1.807) is 11.4 Å². The molecule has 0 aliphatic heterocycles. The highest BCUT2D eigenvalue weighted by Gasteiger charge is 2.35. The molecule has 0 spiro atoms. The topological polar surface area (TPSA) is 60.9 Å². The first-order valence-electron chi connectivity index (χ1n) is 7.84. The molecule has 1 aliphatic rings. The molecule has 0 unspecified atom stereocenters. The Morgan fingerprint density at radius 3 is 2.15 bits per heavy atom. The van der Waals surface area contributed by atoms with Crippen LogP contribution in [0.15, 0.2) is 0 Å². The molecule has 20 heavy (non-hydrogen) atoms. The average Bonchev–Trinajstić information content (AvgIpc) is 2.47. The van der Waals surface area contributed by atoms with Gasteiger partial charge in [-0.2, -0.15) is 17.0 Å². The summed E-state index contributed by atoms with van der Waals surface area (Å²) in [5.41, 5.74) is 0. The Hall–Kier alpha value is -0.170. The van der Waals surface area contributed by atoms with Gasteiger partial charge in [-0.05, 0) is 25.7 Å². The summed E-state index contributed by atoms with van der Waals surface area (Å²) in [4.78, 5) is 0. The van der Waals surface area contributed by atoms with E-state index in [0.717, 1.165) is 38.5 Å². The van der Waals surface area contributed by atoms with Crippen molar-refractivity contribution in [2.75, 3.05) is 20.2 Å². The largest absolute Gasteiger partial charge is 0.395 e. The first kappa shape index (κ1) is 17.9. The summed E-state index contributed by atoms with van der Waals surface area (Å²) < 4.78 is 28.7. The Bertz CT molecular complexity index is 363. The van der Waals surface area contributed by atoms with Crippen LogP contribution >= 0.6 is 0 Å². The highest BCUT2D eigenvalue weighted by Crippen LogP contribution is 2.26. The highest BCUT2D eigenvalue weighted by molar-refractivity contribution is 7.86. The minimum atomic E-state index is -3.48. The fraction of sp³-hybridized carbons (Fsp3) is 1.00. The van der Waals surface area contributed by atoms with Crippen molar-refractivity contribution in [1.82, 2.24) is 8.61 Å². The molecule has 1 saturated carbocycles. The third kappa shape index (κ3) is 4.16. The van der Waals surface area contributed by atoms with Gasteiger partial charge in [0.05, 0.1) is 6.61 Å². The van der Waals surface area contributed by atoms with E-state index in [2.05, 4.69) is 0 Å². The third-order valence-electron chi connectivity index (χ3n) is 4.42. The van der Waals surface area contributed by atoms with Gasteiger partial charge in [-0.1, -0.05) is 33.1 Å². The molecule has 1 N–H and O–H groups in total.